The average Bonchev–Trinajstić information content (AvgIpc) is 3.07. The van der Waals surface area contributed by atoms with Crippen LogP contribution in [-0.4, -0.2) is 50.4 Å². The Balaban J connectivity index is 1.77. The van der Waals surface area contributed by atoms with Crippen molar-refractivity contribution in [2.45, 2.75) is 57.1 Å². The zero-order valence-corrected chi connectivity index (χ0v) is 28.7. The maximum absolute atomic E-state index is 14.5. The molecule has 0 bridgehead atoms. The molecule has 4 aromatic rings. The summed E-state index contributed by atoms with van der Waals surface area (Å²) in [4.78, 5) is 29.9. The number of anilines is 1. The van der Waals surface area contributed by atoms with Crippen molar-refractivity contribution >= 4 is 43.5 Å². The smallest absolute Gasteiger partial charge is 0.264 e. The first-order valence-electron chi connectivity index (χ1n) is 15.3. The van der Waals surface area contributed by atoms with E-state index in [-0.39, 0.29) is 29.8 Å². The van der Waals surface area contributed by atoms with Crippen LogP contribution >= 0.6 is 15.9 Å². The van der Waals surface area contributed by atoms with E-state index >= 15 is 0 Å². The summed E-state index contributed by atoms with van der Waals surface area (Å²) in [5.74, 6) is -0.272. The highest BCUT2D eigenvalue weighted by Crippen LogP contribution is 2.26. The van der Waals surface area contributed by atoms with Crippen LogP contribution in [-0.2, 0) is 32.6 Å². The van der Waals surface area contributed by atoms with Crippen molar-refractivity contribution in [1.82, 2.24) is 10.2 Å². The van der Waals surface area contributed by atoms with Gasteiger partial charge in [0.15, 0.2) is 0 Å². The van der Waals surface area contributed by atoms with Gasteiger partial charge in [-0.2, -0.15) is 0 Å². The Bertz CT molecular complexity index is 1670. The molecule has 0 fully saturated rings. The number of ether oxygens (including phenoxy) is 1. The lowest BCUT2D eigenvalue weighted by molar-refractivity contribution is -0.140. The second-order valence-electron chi connectivity index (χ2n) is 10.9. The number of carbonyl (C=O) groups excluding carboxylic acids is 2. The van der Waals surface area contributed by atoms with E-state index in [1.165, 1.54) is 17.0 Å². The number of rotatable bonds is 15. The summed E-state index contributed by atoms with van der Waals surface area (Å²) in [7, 11) is -4.20. The highest BCUT2D eigenvalue weighted by atomic mass is 79.9. The number of amides is 2. The first kappa shape index (κ1) is 34.7. The summed E-state index contributed by atoms with van der Waals surface area (Å²) in [5.41, 5.74) is 2.01. The van der Waals surface area contributed by atoms with Crippen molar-refractivity contribution in [3.63, 3.8) is 0 Å². The maximum Gasteiger partial charge on any atom is 0.264 e. The summed E-state index contributed by atoms with van der Waals surface area (Å²) >= 11 is 3.46. The molecule has 10 heteroatoms. The monoisotopic (exact) mass is 705 g/mol. The topological polar surface area (TPSA) is 96.0 Å². The molecule has 0 heterocycles. The lowest BCUT2D eigenvalue weighted by Crippen LogP contribution is -2.54. The lowest BCUT2D eigenvalue weighted by atomic mass is 10.0. The van der Waals surface area contributed by atoms with Gasteiger partial charge in [-0.3, -0.25) is 13.9 Å². The molecule has 0 aliphatic carbocycles. The van der Waals surface area contributed by atoms with E-state index in [1.807, 2.05) is 75.4 Å². The maximum atomic E-state index is 14.5. The molecule has 0 saturated heterocycles. The van der Waals surface area contributed by atoms with Gasteiger partial charge in [0.1, 0.15) is 18.3 Å². The minimum Gasteiger partial charge on any atom is -0.494 e. The molecular weight excluding hydrogens is 666 g/mol. The van der Waals surface area contributed by atoms with Gasteiger partial charge in [-0.05, 0) is 79.9 Å². The number of nitrogens with one attached hydrogen (secondary N) is 1. The van der Waals surface area contributed by atoms with Gasteiger partial charge in [0.05, 0.1) is 17.2 Å². The number of nitrogens with zero attached hydrogens (tertiary/aromatic N) is 2. The summed E-state index contributed by atoms with van der Waals surface area (Å²) < 4.78 is 35.8. The summed E-state index contributed by atoms with van der Waals surface area (Å²) in [6, 6.07) is 30.6. The number of benzene rings is 4. The van der Waals surface area contributed by atoms with Gasteiger partial charge >= 0.3 is 0 Å². The lowest BCUT2D eigenvalue weighted by Gasteiger charge is -2.34. The molecule has 0 aliphatic heterocycles. The molecule has 0 unspecified atom stereocenters. The molecule has 0 aromatic heterocycles. The molecule has 46 heavy (non-hydrogen) atoms. The van der Waals surface area contributed by atoms with Crippen LogP contribution in [0.1, 0.15) is 38.3 Å². The molecular formula is C36H40BrN3O5S. The van der Waals surface area contributed by atoms with Gasteiger partial charge in [-0.25, -0.2) is 8.42 Å². The van der Waals surface area contributed by atoms with Crippen LogP contribution in [0.15, 0.2) is 119 Å². The first-order chi connectivity index (χ1) is 22.1. The van der Waals surface area contributed by atoms with Crippen molar-refractivity contribution in [1.29, 1.82) is 0 Å². The number of halogens is 1. The van der Waals surface area contributed by atoms with E-state index in [1.54, 1.807) is 42.5 Å². The van der Waals surface area contributed by atoms with E-state index in [9.17, 15) is 18.0 Å². The second-order valence-corrected chi connectivity index (χ2v) is 13.7. The molecule has 4 rings (SSSR count). The molecule has 2 amide bonds. The van der Waals surface area contributed by atoms with Crippen molar-refractivity contribution < 1.29 is 22.7 Å². The molecule has 0 aliphatic rings. The molecule has 0 radical (unpaired) electrons. The fourth-order valence-electron chi connectivity index (χ4n) is 4.91. The van der Waals surface area contributed by atoms with Crippen molar-refractivity contribution in [2.24, 2.45) is 0 Å². The molecule has 4 aromatic carbocycles. The van der Waals surface area contributed by atoms with E-state index < -0.39 is 28.5 Å². The number of hydrogen-bond acceptors (Lipinski definition) is 5. The van der Waals surface area contributed by atoms with E-state index in [4.69, 9.17) is 4.74 Å². The van der Waals surface area contributed by atoms with Crippen LogP contribution in [0.25, 0.3) is 0 Å². The largest absolute Gasteiger partial charge is 0.494 e. The Kier molecular flexibility index (Phi) is 12.4. The quantitative estimate of drug-likeness (QED) is 0.150. The number of sulfonamides is 1. The molecule has 1 N–H and O–H groups in total. The Hall–Kier alpha value is -4.15. The Morgan fingerprint density at radius 1 is 0.826 bits per heavy atom. The Morgan fingerprint density at radius 2 is 1.43 bits per heavy atom. The second kappa shape index (κ2) is 16.4. The van der Waals surface area contributed by atoms with E-state index in [0.717, 1.165) is 19.9 Å². The molecule has 2 atom stereocenters. The third-order valence-corrected chi connectivity index (χ3v) is 9.90. The van der Waals surface area contributed by atoms with Crippen molar-refractivity contribution in [2.75, 3.05) is 17.5 Å². The normalized spacial score (nSPS) is 12.5. The van der Waals surface area contributed by atoms with Crippen LogP contribution in [0.3, 0.4) is 0 Å². The van der Waals surface area contributed by atoms with E-state index in [0.29, 0.717) is 24.5 Å². The summed E-state index contributed by atoms with van der Waals surface area (Å²) in [6.45, 7) is 5.77. The van der Waals surface area contributed by atoms with Crippen LogP contribution in [0.2, 0.25) is 0 Å². The third kappa shape index (κ3) is 9.20. The number of carbonyl (C=O) groups is 2. The number of hydrogen-bond donors (Lipinski definition) is 1. The van der Waals surface area contributed by atoms with Gasteiger partial charge in [0.2, 0.25) is 11.8 Å². The Labute approximate surface area is 280 Å². The highest BCUT2D eigenvalue weighted by molar-refractivity contribution is 9.10. The van der Waals surface area contributed by atoms with Crippen LogP contribution in [0.5, 0.6) is 5.75 Å². The van der Waals surface area contributed by atoms with Crippen LogP contribution in [0, 0.1) is 0 Å². The highest BCUT2D eigenvalue weighted by Gasteiger charge is 2.35. The predicted octanol–water partition coefficient (Wildman–Crippen LogP) is 6.60. The van der Waals surface area contributed by atoms with Gasteiger partial charge in [-0.1, -0.05) is 83.5 Å². The minimum absolute atomic E-state index is 0.0161. The zero-order valence-electron chi connectivity index (χ0n) is 26.3. The summed E-state index contributed by atoms with van der Waals surface area (Å²) in [5, 5.41) is 3.05. The molecule has 242 valence electrons. The third-order valence-electron chi connectivity index (χ3n) is 7.58. The minimum atomic E-state index is -4.20. The molecule has 8 nitrogen and oxygen atoms in total. The fraction of sp³-hybridized carbons (Fsp3) is 0.278. The standard InChI is InChI=1S/C36H40BrN3O5S/c1-4-27(3)38-36(42)34(24-28-12-8-6-9-13-28)39(25-29-16-18-30(37)19-17-29)35(41)26-40(31-14-10-7-11-15-31)46(43,44)33-22-20-32(21-23-33)45-5-2/h6-23,27,34H,4-5,24-26H2,1-3H3,(H,38,42)/t27-,34-/m0/s1. The van der Waals surface area contributed by atoms with Crippen molar-refractivity contribution in [3.8, 4) is 5.75 Å². The summed E-state index contributed by atoms with van der Waals surface area (Å²) in [6.07, 6.45) is 0.967. The number of para-hydroxylation sites is 1. The fourth-order valence-corrected chi connectivity index (χ4v) is 6.58. The van der Waals surface area contributed by atoms with Gasteiger partial charge < -0.3 is 15.0 Å². The van der Waals surface area contributed by atoms with Gasteiger partial charge in [0.25, 0.3) is 10.0 Å². The Morgan fingerprint density at radius 3 is 2.02 bits per heavy atom. The first-order valence-corrected chi connectivity index (χ1v) is 17.5. The van der Waals surface area contributed by atoms with Gasteiger partial charge in [-0.15, -0.1) is 0 Å². The SMILES string of the molecule is CCOc1ccc(S(=O)(=O)N(CC(=O)N(Cc2ccc(Br)cc2)[C@@H](Cc2ccccc2)C(=O)N[C@@H](C)CC)c2ccccc2)cc1. The van der Waals surface area contributed by atoms with Crippen LogP contribution in [0.4, 0.5) is 5.69 Å². The predicted molar refractivity (Wildman–Crippen MR) is 185 cm³/mol. The van der Waals surface area contributed by atoms with Crippen LogP contribution < -0.4 is 14.4 Å². The average molecular weight is 707 g/mol. The molecule has 0 saturated carbocycles. The van der Waals surface area contributed by atoms with E-state index in [2.05, 4.69) is 21.2 Å². The van der Waals surface area contributed by atoms with Gasteiger partial charge in [0, 0.05) is 23.5 Å². The zero-order chi connectivity index (χ0) is 33.1. The van der Waals surface area contributed by atoms with Crippen molar-refractivity contribution in [3.05, 3.63) is 125 Å². The molecule has 0 spiro atoms.